The van der Waals surface area contributed by atoms with Gasteiger partial charge in [0.05, 0.1) is 0 Å². The maximum atomic E-state index is 2.68. The molecule has 0 aromatic heterocycles. The molecule has 2 saturated carbocycles. The quantitative estimate of drug-likeness (QED) is 0.680. The molecule has 0 unspecified atom stereocenters. The lowest BCUT2D eigenvalue weighted by Gasteiger charge is -2.37. The smallest absolute Gasteiger partial charge is 0.171 e. The van der Waals surface area contributed by atoms with E-state index in [0.29, 0.717) is 10.8 Å². The SMILES string of the molecule is CC1(C)[C@@H]2CC[C@@]1(C)[C@@H]([N+]1=Cc3ccccc3CC1)C2. The highest BCUT2D eigenvalue weighted by atomic mass is 15.1. The average molecular weight is 268 g/mol. The Bertz CT molecular complexity index is 583. The minimum atomic E-state index is 0.500. The zero-order valence-corrected chi connectivity index (χ0v) is 13.0. The minimum absolute atomic E-state index is 0.500. The van der Waals surface area contributed by atoms with Crippen molar-refractivity contribution in [1.29, 1.82) is 0 Å². The van der Waals surface area contributed by atoms with Crippen molar-refractivity contribution in [3.05, 3.63) is 35.4 Å². The van der Waals surface area contributed by atoms with Crippen LogP contribution in [0.5, 0.6) is 0 Å². The summed E-state index contributed by atoms with van der Waals surface area (Å²) in [5.74, 6) is 0.933. The molecule has 4 rings (SSSR count). The van der Waals surface area contributed by atoms with Gasteiger partial charge in [-0.05, 0) is 35.8 Å². The number of fused-ring (bicyclic) bond motifs is 3. The third-order valence-electron chi connectivity index (χ3n) is 7.15. The molecule has 0 radical (unpaired) electrons. The lowest BCUT2D eigenvalue weighted by Crippen LogP contribution is -2.44. The van der Waals surface area contributed by atoms with E-state index in [2.05, 4.69) is 55.8 Å². The minimum Gasteiger partial charge on any atom is -0.232 e. The van der Waals surface area contributed by atoms with Crippen LogP contribution in [0.4, 0.5) is 0 Å². The second-order valence-corrected chi connectivity index (χ2v) is 7.94. The Kier molecular flexibility index (Phi) is 2.50. The van der Waals surface area contributed by atoms with Crippen LogP contribution in [0.3, 0.4) is 0 Å². The third kappa shape index (κ3) is 1.47. The normalized spacial score (nSPS) is 37.6. The van der Waals surface area contributed by atoms with Crippen molar-refractivity contribution in [3.8, 4) is 0 Å². The lowest BCUT2D eigenvalue weighted by molar-refractivity contribution is -0.579. The van der Waals surface area contributed by atoms with Gasteiger partial charge in [-0.25, -0.2) is 4.58 Å². The van der Waals surface area contributed by atoms with Crippen molar-refractivity contribution >= 4 is 6.21 Å². The summed E-state index contributed by atoms with van der Waals surface area (Å²) in [6.45, 7) is 8.80. The predicted molar refractivity (Wildman–Crippen MR) is 83.5 cm³/mol. The molecule has 0 spiro atoms. The molecule has 3 atom stereocenters. The summed E-state index contributed by atoms with van der Waals surface area (Å²) >= 11 is 0. The Morgan fingerprint density at radius 3 is 2.65 bits per heavy atom. The lowest BCUT2D eigenvalue weighted by atomic mass is 9.69. The van der Waals surface area contributed by atoms with Gasteiger partial charge in [0.2, 0.25) is 0 Å². The third-order valence-corrected chi connectivity index (χ3v) is 7.15. The number of hydrogen-bond donors (Lipinski definition) is 0. The zero-order valence-electron chi connectivity index (χ0n) is 13.0. The molecule has 2 bridgehead atoms. The fraction of sp³-hybridized carbons (Fsp3) is 0.632. The monoisotopic (exact) mass is 268 g/mol. The van der Waals surface area contributed by atoms with Crippen LogP contribution in [-0.2, 0) is 6.42 Å². The van der Waals surface area contributed by atoms with Gasteiger partial charge in [-0.15, -0.1) is 0 Å². The molecular weight excluding hydrogens is 242 g/mol. The Labute approximate surface area is 122 Å². The van der Waals surface area contributed by atoms with Crippen molar-refractivity contribution in [2.45, 2.75) is 52.5 Å². The number of rotatable bonds is 1. The summed E-state index contributed by atoms with van der Waals surface area (Å²) in [6, 6.07) is 9.66. The first-order chi connectivity index (χ1) is 9.52. The zero-order chi connectivity index (χ0) is 14.0. The molecule has 2 fully saturated rings. The first-order valence-electron chi connectivity index (χ1n) is 8.21. The van der Waals surface area contributed by atoms with E-state index in [0.717, 1.165) is 12.0 Å². The van der Waals surface area contributed by atoms with E-state index in [1.54, 1.807) is 0 Å². The van der Waals surface area contributed by atoms with Crippen LogP contribution in [-0.4, -0.2) is 23.4 Å². The summed E-state index contributed by atoms with van der Waals surface area (Å²) in [5, 5.41) is 0. The summed E-state index contributed by atoms with van der Waals surface area (Å²) in [4.78, 5) is 0. The molecular formula is C19H26N+. The van der Waals surface area contributed by atoms with E-state index in [4.69, 9.17) is 0 Å². The first-order valence-corrected chi connectivity index (χ1v) is 8.21. The first kappa shape index (κ1) is 12.6. The fourth-order valence-electron chi connectivity index (χ4n) is 5.29. The standard InChI is InChI=1S/C19H26N/c1-18(2)16-8-10-19(18,3)17(12-16)20-11-9-14-6-4-5-7-15(14)13-20/h4-7,13,16-17H,8-12H2,1-3H3/q+1/t16-,17+,19+/m1/s1. The van der Waals surface area contributed by atoms with Crippen LogP contribution in [0.15, 0.2) is 24.3 Å². The molecule has 106 valence electrons. The summed E-state index contributed by atoms with van der Waals surface area (Å²) in [7, 11) is 0. The highest BCUT2D eigenvalue weighted by molar-refractivity contribution is 5.78. The molecule has 0 amide bonds. The van der Waals surface area contributed by atoms with Crippen molar-refractivity contribution in [1.82, 2.24) is 0 Å². The van der Waals surface area contributed by atoms with E-state index in [9.17, 15) is 0 Å². The molecule has 1 heterocycles. The van der Waals surface area contributed by atoms with E-state index in [1.165, 1.54) is 43.4 Å². The molecule has 3 aliphatic rings. The average Bonchev–Trinajstić information content (AvgIpc) is 2.79. The molecule has 1 aliphatic heterocycles. The van der Waals surface area contributed by atoms with Gasteiger partial charge in [0.1, 0.15) is 6.54 Å². The maximum Gasteiger partial charge on any atom is 0.171 e. The van der Waals surface area contributed by atoms with Gasteiger partial charge < -0.3 is 0 Å². The molecule has 20 heavy (non-hydrogen) atoms. The van der Waals surface area contributed by atoms with Crippen LogP contribution in [0.1, 0.15) is 51.2 Å². The molecule has 0 saturated heterocycles. The Hall–Kier alpha value is -1.11. The van der Waals surface area contributed by atoms with Gasteiger partial charge in [-0.3, -0.25) is 0 Å². The van der Waals surface area contributed by atoms with Gasteiger partial charge in [0, 0.05) is 23.8 Å². The van der Waals surface area contributed by atoms with Gasteiger partial charge in [-0.2, -0.15) is 0 Å². The van der Waals surface area contributed by atoms with Crippen LogP contribution in [0.2, 0.25) is 0 Å². The molecule has 1 aromatic rings. The highest BCUT2D eigenvalue weighted by Gasteiger charge is 2.65. The summed E-state index contributed by atoms with van der Waals surface area (Å²) in [5.41, 5.74) is 3.99. The Morgan fingerprint density at radius 2 is 1.95 bits per heavy atom. The molecule has 0 N–H and O–H groups in total. The second-order valence-electron chi connectivity index (χ2n) is 7.94. The molecule has 2 aliphatic carbocycles. The number of nitrogens with zero attached hydrogens (tertiary/aromatic N) is 1. The van der Waals surface area contributed by atoms with E-state index in [1.807, 2.05) is 0 Å². The van der Waals surface area contributed by atoms with Gasteiger partial charge >= 0.3 is 0 Å². The van der Waals surface area contributed by atoms with Gasteiger partial charge in [-0.1, -0.05) is 39.0 Å². The van der Waals surface area contributed by atoms with Crippen LogP contribution < -0.4 is 0 Å². The van der Waals surface area contributed by atoms with Crippen molar-refractivity contribution < 1.29 is 4.58 Å². The maximum absolute atomic E-state index is 2.68. The van der Waals surface area contributed by atoms with Gasteiger partial charge in [0.15, 0.2) is 12.3 Å². The summed E-state index contributed by atoms with van der Waals surface area (Å²) < 4.78 is 2.68. The second kappa shape index (κ2) is 3.96. The Balaban J connectivity index is 1.73. The number of benzene rings is 1. The van der Waals surface area contributed by atoms with Crippen LogP contribution in [0.25, 0.3) is 0 Å². The predicted octanol–water partition coefficient (Wildman–Crippen LogP) is 3.89. The van der Waals surface area contributed by atoms with E-state index < -0.39 is 0 Å². The van der Waals surface area contributed by atoms with Crippen LogP contribution >= 0.6 is 0 Å². The van der Waals surface area contributed by atoms with Crippen molar-refractivity contribution in [3.63, 3.8) is 0 Å². The fourth-order valence-corrected chi connectivity index (χ4v) is 5.29. The van der Waals surface area contributed by atoms with Crippen molar-refractivity contribution in [2.24, 2.45) is 16.7 Å². The van der Waals surface area contributed by atoms with Gasteiger partial charge in [0.25, 0.3) is 0 Å². The van der Waals surface area contributed by atoms with E-state index >= 15 is 0 Å². The molecule has 1 nitrogen and oxygen atoms in total. The number of hydrogen-bond acceptors (Lipinski definition) is 0. The Morgan fingerprint density at radius 1 is 1.15 bits per heavy atom. The topological polar surface area (TPSA) is 3.01 Å². The molecule has 1 aromatic carbocycles. The molecule has 1 heteroatoms. The van der Waals surface area contributed by atoms with Crippen molar-refractivity contribution in [2.75, 3.05) is 6.54 Å². The van der Waals surface area contributed by atoms with Crippen LogP contribution in [0, 0.1) is 16.7 Å². The summed E-state index contributed by atoms with van der Waals surface area (Å²) in [6.07, 6.45) is 7.93. The largest absolute Gasteiger partial charge is 0.232 e. The highest BCUT2D eigenvalue weighted by Crippen LogP contribution is 2.66. The van der Waals surface area contributed by atoms with E-state index in [-0.39, 0.29) is 0 Å².